The van der Waals surface area contributed by atoms with Gasteiger partial charge in [-0.05, 0) is 31.6 Å². The minimum atomic E-state index is 0.421. The number of benzene rings is 1. The van der Waals surface area contributed by atoms with Gasteiger partial charge in [0.15, 0.2) is 0 Å². The van der Waals surface area contributed by atoms with Gasteiger partial charge >= 0.3 is 0 Å². The summed E-state index contributed by atoms with van der Waals surface area (Å²) in [6, 6.07) is 9.24. The smallest absolute Gasteiger partial charge is 0.0429 e. The summed E-state index contributed by atoms with van der Waals surface area (Å²) in [5.74, 6) is 0.860. The third kappa shape index (κ3) is 2.76. The van der Waals surface area contributed by atoms with Gasteiger partial charge in [-0.2, -0.15) is 12.6 Å². The Kier molecular flexibility index (Phi) is 4.49. The molecule has 0 N–H and O–H groups in total. The summed E-state index contributed by atoms with van der Waals surface area (Å²) in [5.41, 5.74) is 2.74. The van der Waals surface area contributed by atoms with Crippen molar-refractivity contribution in [3.8, 4) is 0 Å². The average Bonchev–Trinajstić information content (AvgIpc) is 2.19. The van der Waals surface area contributed by atoms with Crippen molar-refractivity contribution in [3.05, 3.63) is 35.4 Å². The lowest BCUT2D eigenvalue weighted by atomic mass is 10.0. The first-order chi connectivity index (χ1) is 6.69. The van der Waals surface area contributed by atoms with E-state index >= 15 is 0 Å². The molecule has 1 aromatic rings. The second-order valence-electron chi connectivity index (χ2n) is 3.76. The van der Waals surface area contributed by atoms with Crippen LogP contribution in [-0.4, -0.2) is 24.7 Å². The number of hydrogen-bond donors (Lipinski definition) is 1. The lowest BCUT2D eigenvalue weighted by Crippen LogP contribution is -2.21. The maximum Gasteiger partial charge on any atom is 0.0429 e. The summed E-state index contributed by atoms with van der Waals surface area (Å²) in [4.78, 5) is 2.20. The molecule has 14 heavy (non-hydrogen) atoms. The van der Waals surface area contributed by atoms with Gasteiger partial charge in [0.2, 0.25) is 0 Å². The van der Waals surface area contributed by atoms with Crippen LogP contribution >= 0.6 is 12.6 Å². The highest BCUT2D eigenvalue weighted by atomic mass is 32.1. The van der Waals surface area contributed by atoms with Crippen LogP contribution < -0.4 is 0 Å². The van der Waals surface area contributed by atoms with Crippen molar-refractivity contribution in [1.29, 1.82) is 0 Å². The van der Waals surface area contributed by atoms with E-state index in [1.54, 1.807) is 0 Å². The molecule has 0 amide bonds. The molecule has 0 bridgehead atoms. The molecule has 0 aromatic heterocycles. The van der Waals surface area contributed by atoms with Crippen molar-refractivity contribution < 1.29 is 0 Å². The van der Waals surface area contributed by atoms with Crippen molar-refractivity contribution >= 4 is 12.6 Å². The third-order valence-corrected chi connectivity index (χ3v) is 2.91. The SMILES string of the molecule is CCc1ccc(C(CS)N(C)C)cc1. The summed E-state index contributed by atoms with van der Waals surface area (Å²) in [7, 11) is 4.18. The lowest BCUT2D eigenvalue weighted by Gasteiger charge is -2.22. The number of rotatable bonds is 4. The van der Waals surface area contributed by atoms with E-state index in [0.29, 0.717) is 6.04 Å². The van der Waals surface area contributed by atoms with Gasteiger partial charge in [-0.15, -0.1) is 0 Å². The Labute approximate surface area is 92.5 Å². The van der Waals surface area contributed by atoms with Crippen LogP contribution in [0.25, 0.3) is 0 Å². The molecule has 0 heterocycles. The summed E-state index contributed by atoms with van der Waals surface area (Å²) in [6.45, 7) is 2.18. The van der Waals surface area contributed by atoms with Crippen LogP contribution in [0, 0.1) is 0 Å². The maximum absolute atomic E-state index is 4.37. The zero-order valence-corrected chi connectivity index (χ0v) is 10.1. The molecule has 1 rings (SSSR count). The third-order valence-electron chi connectivity index (χ3n) is 2.57. The topological polar surface area (TPSA) is 3.24 Å². The summed E-state index contributed by atoms with van der Waals surface area (Å²) in [5, 5.41) is 0. The average molecular weight is 209 g/mol. The Morgan fingerprint density at radius 2 is 1.79 bits per heavy atom. The largest absolute Gasteiger partial charge is 0.302 e. The number of hydrogen-bond acceptors (Lipinski definition) is 2. The number of aryl methyl sites for hydroxylation is 1. The highest BCUT2D eigenvalue weighted by Crippen LogP contribution is 2.19. The van der Waals surface area contributed by atoms with E-state index < -0.39 is 0 Å². The van der Waals surface area contributed by atoms with E-state index in [1.807, 2.05) is 0 Å². The zero-order chi connectivity index (χ0) is 10.6. The molecule has 0 radical (unpaired) electrons. The van der Waals surface area contributed by atoms with Crippen molar-refractivity contribution in [1.82, 2.24) is 4.90 Å². The van der Waals surface area contributed by atoms with E-state index in [0.717, 1.165) is 12.2 Å². The monoisotopic (exact) mass is 209 g/mol. The quantitative estimate of drug-likeness (QED) is 0.746. The standard InChI is InChI=1S/C12H19NS/c1-4-10-5-7-11(8-6-10)12(9-14)13(2)3/h5-8,12,14H,4,9H2,1-3H3. The minimum Gasteiger partial charge on any atom is -0.302 e. The molecule has 0 saturated heterocycles. The van der Waals surface area contributed by atoms with Gasteiger partial charge in [0.05, 0.1) is 0 Å². The van der Waals surface area contributed by atoms with Crippen molar-refractivity contribution in [3.63, 3.8) is 0 Å². The second-order valence-corrected chi connectivity index (χ2v) is 4.12. The molecule has 1 unspecified atom stereocenters. The Bertz CT molecular complexity index is 266. The van der Waals surface area contributed by atoms with E-state index in [1.165, 1.54) is 11.1 Å². The van der Waals surface area contributed by atoms with Crippen molar-refractivity contribution in [2.24, 2.45) is 0 Å². The van der Waals surface area contributed by atoms with Crippen LogP contribution in [0.4, 0.5) is 0 Å². The molecule has 0 spiro atoms. The van der Waals surface area contributed by atoms with Crippen LogP contribution in [0.2, 0.25) is 0 Å². The van der Waals surface area contributed by atoms with Crippen LogP contribution in [0.5, 0.6) is 0 Å². The van der Waals surface area contributed by atoms with E-state index in [4.69, 9.17) is 0 Å². The van der Waals surface area contributed by atoms with Gasteiger partial charge in [-0.3, -0.25) is 0 Å². The Balaban J connectivity index is 2.84. The molecule has 1 atom stereocenters. The fourth-order valence-electron chi connectivity index (χ4n) is 1.54. The van der Waals surface area contributed by atoms with Crippen LogP contribution in [0.1, 0.15) is 24.1 Å². The van der Waals surface area contributed by atoms with Gasteiger partial charge in [0.1, 0.15) is 0 Å². The highest BCUT2D eigenvalue weighted by Gasteiger charge is 2.11. The normalized spacial score (nSPS) is 13.2. The summed E-state index contributed by atoms with van der Waals surface area (Å²) in [6.07, 6.45) is 1.10. The Hall–Kier alpha value is -0.470. The molecule has 2 heteroatoms. The first kappa shape index (κ1) is 11.6. The van der Waals surface area contributed by atoms with Crippen LogP contribution in [0.15, 0.2) is 24.3 Å². The fourth-order valence-corrected chi connectivity index (χ4v) is 2.08. The Morgan fingerprint density at radius 1 is 1.21 bits per heavy atom. The van der Waals surface area contributed by atoms with Gasteiger partial charge in [-0.25, -0.2) is 0 Å². The fraction of sp³-hybridized carbons (Fsp3) is 0.500. The molecule has 0 aliphatic carbocycles. The molecule has 0 aliphatic rings. The molecule has 0 aliphatic heterocycles. The van der Waals surface area contributed by atoms with Crippen LogP contribution in [0.3, 0.4) is 0 Å². The highest BCUT2D eigenvalue weighted by molar-refractivity contribution is 7.80. The molecular formula is C12H19NS. The van der Waals surface area contributed by atoms with Crippen molar-refractivity contribution in [2.45, 2.75) is 19.4 Å². The first-order valence-electron chi connectivity index (χ1n) is 5.05. The molecule has 78 valence electrons. The Morgan fingerprint density at radius 3 is 2.14 bits per heavy atom. The maximum atomic E-state index is 4.37. The molecule has 1 nitrogen and oxygen atoms in total. The molecule has 1 aromatic carbocycles. The second kappa shape index (κ2) is 5.42. The molecular weight excluding hydrogens is 190 g/mol. The molecule has 0 fully saturated rings. The summed E-state index contributed by atoms with van der Waals surface area (Å²) < 4.78 is 0. The predicted molar refractivity (Wildman–Crippen MR) is 66.1 cm³/mol. The number of thiol groups is 1. The van der Waals surface area contributed by atoms with Gasteiger partial charge in [0, 0.05) is 11.8 Å². The van der Waals surface area contributed by atoms with E-state index in [9.17, 15) is 0 Å². The summed E-state index contributed by atoms with van der Waals surface area (Å²) >= 11 is 4.37. The number of nitrogens with zero attached hydrogens (tertiary/aromatic N) is 1. The van der Waals surface area contributed by atoms with Crippen molar-refractivity contribution in [2.75, 3.05) is 19.8 Å². The van der Waals surface area contributed by atoms with Gasteiger partial charge in [-0.1, -0.05) is 31.2 Å². The first-order valence-corrected chi connectivity index (χ1v) is 5.68. The van der Waals surface area contributed by atoms with Gasteiger partial charge < -0.3 is 4.90 Å². The van der Waals surface area contributed by atoms with Crippen LogP contribution in [-0.2, 0) is 6.42 Å². The molecule has 0 saturated carbocycles. The van der Waals surface area contributed by atoms with Gasteiger partial charge in [0.25, 0.3) is 0 Å². The zero-order valence-electron chi connectivity index (χ0n) is 9.20. The van der Waals surface area contributed by atoms with E-state index in [-0.39, 0.29) is 0 Å². The minimum absolute atomic E-state index is 0.421. The lowest BCUT2D eigenvalue weighted by molar-refractivity contribution is 0.326. The predicted octanol–water partition coefficient (Wildman–Crippen LogP) is 2.78. The van der Waals surface area contributed by atoms with E-state index in [2.05, 4.69) is 62.8 Å².